The Bertz CT molecular complexity index is 876. The van der Waals surface area contributed by atoms with E-state index in [0.29, 0.717) is 11.5 Å². The van der Waals surface area contributed by atoms with Crippen molar-refractivity contribution in [1.29, 1.82) is 0 Å². The fourth-order valence-corrected chi connectivity index (χ4v) is 10.9. The molecule has 1 N–H and O–H groups in total. The van der Waals surface area contributed by atoms with Gasteiger partial charge in [0.2, 0.25) is 0 Å². The summed E-state index contributed by atoms with van der Waals surface area (Å²) in [6.45, 7) is 28.0. The highest BCUT2D eigenvalue weighted by Gasteiger charge is 2.60. The minimum atomic E-state index is -2.19. The molecule has 4 rings (SSSR count). The van der Waals surface area contributed by atoms with Crippen LogP contribution in [0.4, 0.5) is 0 Å². The van der Waals surface area contributed by atoms with E-state index in [9.17, 15) is 4.80 Å². The minimum Gasteiger partial charge on any atom is -0.432 e. The molecule has 0 amide bonds. The molecule has 3 saturated carbocycles. The first-order chi connectivity index (χ1) is 16.4. The number of hydrogen-bond acceptors (Lipinski definition) is 2. The summed E-state index contributed by atoms with van der Waals surface area (Å²) in [4.78, 5) is 11.0. The summed E-state index contributed by atoms with van der Waals surface area (Å²) in [6, 6.07) is 0. The standard InChI is InChI=1S/C32H58O2Si2/c1-12-32-20-17-25(34-36(10,11)29(2,3)4)21-23(32)13-15-26-27-16-14-24(22-30(5,6)35(8,9)33)31(27,7)19-18-28(26)32/h12-13,24-28,33H,1,14-22H2,2-11H3/t24-,25+,26?,27?,28?,31-,32+/m1/s1. The number of allylic oxidation sites excluding steroid dienone is 2. The summed E-state index contributed by atoms with van der Waals surface area (Å²) in [6.07, 6.45) is 16.9. The van der Waals surface area contributed by atoms with Crippen molar-refractivity contribution >= 4 is 16.6 Å². The fourth-order valence-electron chi connectivity index (χ4n) is 8.72. The van der Waals surface area contributed by atoms with Gasteiger partial charge in [0, 0.05) is 11.5 Å². The number of rotatable bonds is 6. The average molecular weight is 531 g/mol. The molecule has 206 valence electrons. The van der Waals surface area contributed by atoms with Crippen LogP contribution in [-0.4, -0.2) is 27.5 Å². The van der Waals surface area contributed by atoms with Gasteiger partial charge in [-0.05, 0) is 123 Å². The average Bonchev–Trinajstić information content (AvgIpc) is 3.07. The smallest absolute Gasteiger partial charge is 0.192 e. The van der Waals surface area contributed by atoms with Crippen molar-refractivity contribution in [2.24, 2.45) is 34.5 Å². The van der Waals surface area contributed by atoms with E-state index >= 15 is 0 Å². The van der Waals surface area contributed by atoms with Crippen LogP contribution in [0.1, 0.15) is 99.3 Å². The van der Waals surface area contributed by atoms with Crippen LogP contribution in [0, 0.1) is 34.5 Å². The Morgan fingerprint density at radius 2 is 1.69 bits per heavy atom. The van der Waals surface area contributed by atoms with Crippen molar-refractivity contribution in [3.8, 4) is 0 Å². The van der Waals surface area contributed by atoms with E-state index in [0.717, 1.165) is 30.1 Å². The molecular formula is C32H58O2Si2. The van der Waals surface area contributed by atoms with Crippen molar-refractivity contribution in [2.75, 3.05) is 0 Å². The molecule has 0 aliphatic heterocycles. The lowest BCUT2D eigenvalue weighted by molar-refractivity contribution is -0.0415. The van der Waals surface area contributed by atoms with E-state index in [1.807, 2.05) is 0 Å². The van der Waals surface area contributed by atoms with Crippen LogP contribution in [0.5, 0.6) is 0 Å². The first-order valence-corrected chi connectivity index (χ1v) is 21.0. The first kappa shape index (κ1) is 28.8. The van der Waals surface area contributed by atoms with Crippen LogP contribution in [0.25, 0.3) is 0 Å². The van der Waals surface area contributed by atoms with Gasteiger partial charge in [-0.2, -0.15) is 0 Å². The van der Waals surface area contributed by atoms with Crippen molar-refractivity contribution < 1.29 is 9.22 Å². The van der Waals surface area contributed by atoms with E-state index < -0.39 is 16.6 Å². The largest absolute Gasteiger partial charge is 0.432 e. The molecule has 4 heteroatoms. The topological polar surface area (TPSA) is 29.5 Å². The maximum atomic E-state index is 11.0. The highest BCUT2D eigenvalue weighted by atomic mass is 28.4. The molecule has 3 fully saturated rings. The fraction of sp³-hybridized carbons (Fsp3) is 0.875. The number of hydrogen-bond donors (Lipinski definition) is 1. The Labute approximate surface area is 226 Å². The lowest BCUT2D eigenvalue weighted by Gasteiger charge is -2.59. The van der Waals surface area contributed by atoms with E-state index in [2.05, 4.69) is 86.5 Å². The molecule has 4 aliphatic rings. The van der Waals surface area contributed by atoms with E-state index in [1.165, 1.54) is 51.4 Å². The van der Waals surface area contributed by atoms with E-state index in [1.54, 1.807) is 5.57 Å². The van der Waals surface area contributed by atoms with Crippen LogP contribution in [0.2, 0.25) is 36.3 Å². The Morgan fingerprint density at radius 1 is 1.03 bits per heavy atom. The van der Waals surface area contributed by atoms with E-state index in [-0.39, 0.29) is 15.5 Å². The molecular weight excluding hydrogens is 473 g/mol. The van der Waals surface area contributed by atoms with Crippen molar-refractivity contribution in [3.05, 3.63) is 24.3 Å². The summed E-state index contributed by atoms with van der Waals surface area (Å²) in [5, 5.41) is 0.345. The van der Waals surface area contributed by atoms with Gasteiger partial charge in [-0.25, -0.2) is 0 Å². The van der Waals surface area contributed by atoms with Gasteiger partial charge in [0.1, 0.15) is 0 Å². The molecule has 2 nitrogen and oxygen atoms in total. The van der Waals surface area contributed by atoms with Crippen LogP contribution >= 0.6 is 0 Å². The molecule has 4 aliphatic carbocycles. The second-order valence-corrected chi connectivity index (χ2v) is 25.5. The summed E-state index contributed by atoms with van der Waals surface area (Å²) in [5.74, 6) is 3.15. The first-order valence-electron chi connectivity index (χ1n) is 15.1. The normalized spacial score (nSPS) is 39.6. The summed E-state index contributed by atoms with van der Waals surface area (Å²) in [5.41, 5.74) is 2.31. The van der Waals surface area contributed by atoms with Crippen LogP contribution in [-0.2, 0) is 4.43 Å². The zero-order chi connectivity index (χ0) is 26.9. The van der Waals surface area contributed by atoms with Crippen LogP contribution in [0.3, 0.4) is 0 Å². The zero-order valence-electron chi connectivity index (χ0n) is 25.5. The van der Waals surface area contributed by atoms with Gasteiger partial charge in [0.25, 0.3) is 0 Å². The maximum Gasteiger partial charge on any atom is 0.192 e. The molecule has 0 saturated heterocycles. The Hall–Kier alpha value is -0.166. The molecule has 0 bridgehead atoms. The molecule has 0 heterocycles. The van der Waals surface area contributed by atoms with Crippen LogP contribution in [0.15, 0.2) is 24.3 Å². The second-order valence-electron chi connectivity index (χ2n) is 16.3. The molecule has 3 unspecified atom stereocenters. The summed E-state index contributed by atoms with van der Waals surface area (Å²) < 4.78 is 6.94. The number of fused-ring (bicyclic) bond motifs is 5. The van der Waals surface area contributed by atoms with Gasteiger partial charge in [-0.1, -0.05) is 59.3 Å². The quantitative estimate of drug-likeness (QED) is 0.274. The highest BCUT2D eigenvalue weighted by molar-refractivity contribution is 6.74. The molecule has 0 spiro atoms. The third kappa shape index (κ3) is 4.62. The lowest BCUT2D eigenvalue weighted by atomic mass is 9.46. The Morgan fingerprint density at radius 3 is 2.28 bits per heavy atom. The zero-order valence-corrected chi connectivity index (χ0v) is 27.5. The SMILES string of the molecule is C=C[C@]12CC[C@H](O[Si](C)(C)C(C)(C)C)CC1=CCC1C2CC[C@@]2(C)C1CC[C@@H]2CC(C)(C)[Si](C)(C)O. The van der Waals surface area contributed by atoms with Crippen molar-refractivity contribution in [1.82, 2.24) is 0 Å². The van der Waals surface area contributed by atoms with E-state index in [4.69, 9.17) is 4.43 Å². The molecule has 7 atom stereocenters. The predicted octanol–water partition coefficient (Wildman–Crippen LogP) is 9.49. The Kier molecular flexibility index (Phi) is 7.37. The maximum absolute atomic E-state index is 11.0. The minimum absolute atomic E-state index is 0.0803. The van der Waals surface area contributed by atoms with Crippen LogP contribution < -0.4 is 0 Å². The third-order valence-electron chi connectivity index (χ3n) is 12.9. The predicted molar refractivity (Wildman–Crippen MR) is 160 cm³/mol. The van der Waals surface area contributed by atoms with Crippen molar-refractivity contribution in [3.63, 3.8) is 0 Å². The van der Waals surface area contributed by atoms with Gasteiger partial charge in [-0.3, -0.25) is 0 Å². The van der Waals surface area contributed by atoms with Gasteiger partial charge < -0.3 is 9.22 Å². The molecule has 0 radical (unpaired) electrons. The third-order valence-corrected chi connectivity index (χ3v) is 21.0. The van der Waals surface area contributed by atoms with Crippen molar-refractivity contribution in [2.45, 2.75) is 142 Å². The molecule has 36 heavy (non-hydrogen) atoms. The summed E-state index contributed by atoms with van der Waals surface area (Å²) >= 11 is 0. The molecule has 0 aromatic heterocycles. The second kappa shape index (κ2) is 9.20. The van der Waals surface area contributed by atoms with Gasteiger partial charge >= 0.3 is 0 Å². The van der Waals surface area contributed by atoms with Gasteiger partial charge in [-0.15, -0.1) is 6.58 Å². The highest BCUT2D eigenvalue weighted by Crippen LogP contribution is 2.68. The molecule has 0 aromatic carbocycles. The Balaban J connectivity index is 1.54. The summed E-state index contributed by atoms with van der Waals surface area (Å²) in [7, 11) is -3.94. The van der Waals surface area contributed by atoms with Gasteiger partial charge in [0.15, 0.2) is 16.6 Å². The van der Waals surface area contributed by atoms with Gasteiger partial charge in [0.05, 0.1) is 0 Å². The lowest BCUT2D eigenvalue weighted by Crippen LogP contribution is -2.52. The molecule has 0 aromatic rings. The monoisotopic (exact) mass is 530 g/mol.